The zero-order valence-corrected chi connectivity index (χ0v) is 20.9. The predicted octanol–water partition coefficient (Wildman–Crippen LogP) is 5.37. The molecule has 3 aromatic carbocycles. The molecule has 37 heavy (non-hydrogen) atoms. The van der Waals surface area contributed by atoms with Gasteiger partial charge in [0.2, 0.25) is 11.8 Å². The molecule has 0 aliphatic carbocycles. The molecule has 1 unspecified atom stereocenters. The first-order valence-corrected chi connectivity index (χ1v) is 12.4. The van der Waals surface area contributed by atoms with Crippen LogP contribution in [-0.4, -0.2) is 27.7 Å². The van der Waals surface area contributed by atoms with Gasteiger partial charge >= 0.3 is 0 Å². The molecule has 188 valence electrons. The number of carbonyl (C=O) groups excluding carboxylic acids is 2. The van der Waals surface area contributed by atoms with E-state index in [4.69, 9.17) is 11.6 Å². The first-order valence-electron chi connectivity index (χ1n) is 12.0. The van der Waals surface area contributed by atoms with E-state index in [1.165, 1.54) is 12.1 Å². The molecule has 0 spiro atoms. The van der Waals surface area contributed by atoms with Crippen molar-refractivity contribution in [1.29, 1.82) is 0 Å². The van der Waals surface area contributed by atoms with E-state index < -0.39 is 6.04 Å². The second-order valence-electron chi connectivity index (χ2n) is 8.70. The van der Waals surface area contributed by atoms with Crippen molar-refractivity contribution in [2.45, 2.75) is 32.0 Å². The van der Waals surface area contributed by atoms with Gasteiger partial charge in [-0.25, -0.2) is 4.39 Å². The summed E-state index contributed by atoms with van der Waals surface area (Å²) in [5.41, 5.74) is 3.14. The highest BCUT2D eigenvalue weighted by atomic mass is 35.5. The lowest BCUT2D eigenvalue weighted by Gasteiger charge is -2.31. The Bertz CT molecular complexity index is 1300. The van der Waals surface area contributed by atoms with E-state index in [1.807, 2.05) is 48.5 Å². The van der Waals surface area contributed by atoms with Crippen LogP contribution in [0.2, 0.25) is 5.02 Å². The van der Waals surface area contributed by atoms with Gasteiger partial charge in [-0.15, -0.1) is 0 Å². The van der Waals surface area contributed by atoms with E-state index in [2.05, 4.69) is 10.3 Å². The summed E-state index contributed by atoms with van der Waals surface area (Å²) in [5.74, 6) is -0.877. The number of rotatable bonds is 10. The van der Waals surface area contributed by atoms with Crippen LogP contribution in [0.4, 0.5) is 4.39 Å². The lowest BCUT2D eigenvalue weighted by atomic mass is 10.0. The minimum absolute atomic E-state index is 0.0944. The maximum atomic E-state index is 13.7. The van der Waals surface area contributed by atoms with Gasteiger partial charge in [-0.3, -0.25) is 14.6 Å². The van der Waals surface area contributed by atoms with Crippen molar-refractivity contribution in [2.24, 2.45) is 0 Å². The van der Waals surface area contributed by atoms with Crippen LogP contribution < -0.4 is 5.32 Å². The number of halogens is 2. The van der Waals surface area contributed by atoms with Crippen LogP contribution >= 0.6 is 11.6 Å². The lowest BCUT2D eigenvalue weighted by Crippen LogP contribution is -2.50. The predicted molar refractivity (Wildman–Crippen MR) is 142 cm³/mol. The topological polar surface area (TPSA) is 62.3 Å². The van der Waals surface area contributed by atoms with E-state index in [-0.39, 0.29) is 37.1 Å². The molecule has 0 fully saturated rings. The highest BCUT2D eigenvalue weighted by molar-refractivity contribution is 6.30. The lowest BCUT2D eigenvalue weighted by molar-refractivity contribution is -0.140. The van der Waals surface area contributed by atoms with Crippen LogP contribution in [0.15, 0.2) is 103 Å². The van der Waals surface area contributed by atoms with Crippen LogP contribution in [0.25, 0.3) is 0 Å². The maximum absolute atomic E-state index is 13.7. The quantitative estimate of drug-likeness (QED) is 0.309. The fourth-order valence-electron chi connectivity index (χ4n) is 4.02. The number of carbonyl (C=O) groups is 2. The number of hydrogen-bond acceptors (Lipinski definition) is 3. The van der Waals surface area contributed by atoms with Gasteiger partial charge in [0.15, 0.2) is 0 Å². The third-order valence-electron chi connectivity index (χ3n) is 5.98. The van der Waals surface area contributed by atoms with Crippen molar-refractivity contribution in [3.63, 3.8) is 0 Å². The van der Waals surface area contributed by atoms with Gasteiger partial charge in [-0.05, 0) is 53.1 Å². The van der Waals surface area contributed by atoms with Crippen molar-refractivity contribution in [2.75, 3.05) is 0 Å². The van der Waals surface area contributed by atoms with Crippen LogP contribution in [0.5, 0.6) is 0 Å². The summed E-state index contributed by atoms with van der Waals surface area (Å²) in [5, 5.41) is 3.53. The molecule has 4 aromatic rings. The first-order chi connectivity index (χ1) is 18.0. The van der Waals surface area contributed by atoms with Crippen LogP contribution in [-0.2, 0) is 35.5 Å². The number of nitrogens with zero attached hydrogens (tertiary/aromatic N) is 2. The largest absolute Gasteiger partial charge is 0.349 e. The number of hydrogen-bond donors (Lipinski definition) is 1. The summed E-state index contributed by atoms with van der Waals surface area (Å²) in [6, 6.07) is 27.3. The molecule has 0 radical (unpaired) electrons. The molecular formula is C30H27ClFN3O2. The first kappa shape index (κ1) is 26.0. The average molecular weight is 516 g/mol. The molecule has 0 saturated heterocycles. The number of pyridine rings is 1. The second-order valence-corrected chi connectivity index (χ2v) is 9.13. The molecule has 0 saturated carbocycles. The molecule has 1 aromatic heterocycles. The average Bonchev–Trinajstić information content (AvgIpc) is 2.92. The summed E-state index contributed by atoms with van der Waals surface area (Å²) >= 11 is 6.01. The summed E-state index contributed by atoms with van der Waals surface area (Å²) in [4.78, 5) is 33.1. The van der Waals surface area contributed by atoms with E-state index in [9.17, 15) is 14.0 Å². The van der Waals surface area contributed by atoms with Gasteiger partial charge in [-0.1, -0.05) is 72.3 Å². The normalized spacial score (nSPS) is 11.5. The van der Waals surface area contributed by atoms with Crippen molar-refractivity contribution in [3.8, 4) is 0 Å². The highest BCUT2D eigenvalue weighted by Gasteiger charge is 2.30. The molecule has 0 aliphatic heterocycles. The monoisotopic (exact) mass is 515 g/mol. The van der Waals surface area contributed by atoms with Gasteiger partial charge < -0.3 is 10.2 Å². The molecule has 7 heteroatoms. The summed E-state index contributed by atoms with van der Waals surface area (Å²) < 4.78 is 13.6. The van der Waals surface area contributed by atoms with E-state index >= 15 is 0 Å². The minimum Gasteiger partial charge on any atom is -0.349 e. The minimum atomic E-state index is -0.795. The van der Waals surface area contributed by atoms with Crippen molar-refractivity contribution in [1.82, 2.24) is 15.2 Å². The van der Waals surface area contributed by atoms with E-state index in [0.717, 1.165) is 16.7 Å². The Morgan fingerprint density at radius 1 is 0.838 bits per heavy atom. The Labute approximate surface area is 220 Å². The fraction of sp³-hybridized carbons (Fsp3) is 0.167. The number of nitrogens with one attached hydrogen (secondary N) is 1. The van der Waals surface area contributed by atoms with E-state index in [0.29, 0.717) is 17.1 Å². The third-order valence-corrected chi connectivity index (χ3v) is 6.23. The maximum Gasteiger partial charge on any atom is 0.243 e. The van der Waals surface area contributed by atoms with Crippen molar-refractivity contribution < 1.29 is 14.0 Å². The van der Waals surface area contributed by atoms with Gasteiger partial charge in [0.05, 0.1) is 18.7 Å². The summed E-state index contributed by atoms with van der Waals surface area (Å²) in [6.45, 7) is 0.391. The Morgan fingerprint density at radius 3 is 2.19 bits per heavy atom. The Morgan fingerprint density at radius 2 is 1.51 bits per heavy atom. The molecule has 0 aliphatic rings. The van der Waals surface area contributed by atoms with Crippen molar-refractivity contribution >= 4 is 23.4 Å². The number of amides is 2. The standard InChI is InChI=1S/C30H27ClFN3O2/c31-25-13-9-23(10-14-25)19-29(36)35(21-24-11-15-26(32)16-12-24)28(18-22-6-2-1-3-7-22)30(37)34-20-27-8-4-5-17-33-27/h1-17,28H,18-21H2,(H,34,37). The summed E-state index contributed by atoms with van der Waals surface area (Å²) in [7, 11) is 0. The molecule has 4 rings (SSSR count). The Kier molecular flexibility index (Phi) is 9.00. The smallest absolute Gasteiger partial charge is 0.243 e. The van der Waals surface area contributed by atoms with E-state index in [1.54, 1.807) is 47.5 Å². The molecular weight excluding hydrogens is 489 g/mol. The van der Waals surface area contributed by atoms with Gasteiger partial charge in [0.25, 0.3) is 0 Å². The number of benzene rings is 3. The molecule has 1 heterocycles. The highest BCUT2D eigenvalue weighted by Crippen LogP contribution is 2.18. The van der Waals surface area contributed by atoms with Gasteiger partial charge in [0.1, 0.15) is 11.9 Å². The van der Waals surface area contributed by atoms with Crippen LogP contribution in [0.3, 0.4) is 0 Å². The second kappa shape index (κ2) is 12.8. The molecule has 1 N–H and O–H groups in total. The molecule has 1 atom stereocenters. The fourth-order valence-corrected chi connectivity index (χ4v) is 4.14. The van der Waals surface area contributed by atoms with Crippen LogP contribution in [0, 0.1) is 5.82 Å². The molecule has 0 bridgehead atoms. The molecule has 2 amide bonds. The zero-order valence-electron chi connectivity index (χ0n) is 20.2. The van der Waals surface area contributed by atoms with Crippen molar-refractivity contribution in [3.05, 3.63) is 136 Å². The number of aromatic nitrogens is 1. The third kappa shape index (κ3) is 7.72. The van der Waals surface area contributed by atoms with Crippen LogP contribution in [0.1, 0.15) is 22.4 Å². The SMILES string of the molecule is O=C(NCc1ccccn1)C(Cc1ccccc1)N(Cc1ccc(F)cc1)C(=O)Cc1ccc(Cl)cc1. The Hall–Kier alpha value is -4.03. The summed E-state index contributed by atoms with van der Waals surface area (Å²) in [6.07, 6.45) is 2.08. The zero-order chi connectivity index (χ0) is 26.0. The van der Waals surface area contributed by atoms with Gasteiger partial charge in [-0.2, -0.15) is 0 Å². The Balaban J connectivity index is 1.64. The molecule has 5 nitrogen and oxygen atoms in total. The van der Waals surface area contributed by atoms with Gasteiger partial charge in [0, 0.05) is 24.2 Å².